The zero-order valence-corrected chi connectivity index (χ0v) is 7.75. The summed E-state index contributed by atoms with van der Waals surface area (Å²) in [6.07, 6.45) is -4.45. The lowest BCUT2D eigenvalue weighted by atomic mass is 10.0. The van der Waals surface area contributed by atoms with Crippen molar-refractivity contribution >= 4 is 15.9 Å². The number of alkyl halides is 1. The Hall–Kier alpha value is 0.280. The highest BCUT2D eigenvalue weighted by Crippen LogP contribution is 2.24. The number of ether oxygens (including phenoxy) is 1. The maximum atomic E-state index is 9.27. The molecule has 1 rings (SSSR count). The van der Waals surface area contributed by atoms with Crippen molar-refractivity contribution in [3.05, 3.63) is 0 Å². The molecule has 1 saturated heterocycles. The molecule has 1 aliphatic rings. The molecule has 1 aliphatic heterocycles. The van der Waals surface area contributed by atoms with Crippen LogP contribution in [0, 0.1) is 0 Å². The topological polar surface area (TPSA) is 90.2 Å². The van der Waals surface area contributed by atoms with E-state index in [1.54, 1.807) is 0 Å². The van der Waals surface area contributed by atoms with Crippen LogP contribution in [0.4, 0.5) is 0 Å². The highest BCUT2D eigenvalue weighted by atomic mass is 79.9. The van der Waals surface area contributed by atoms with Crippen LogP contribution in [0.25, 0.3) is 0 Å². The predicted octanol–water partition coefficient (Wildman–Crippen LogP) is -1.82. The Morgan fingerprint density at radius 2 is 1.75 bits per heavy atom. The normalized spacial score (nSPS) is 49.2. The van der Waals surface area contributed by atoms with Gasteiger partial charge in [-0.3, -0.25) is 0 Å². The van der Waals surface area contributed by atoms with Gasteiger partial charge in [0.2, 0.25) is 0 Å². The first-order valence-corrected chi connectivity index (χ1v) is 4.44. The van der Waals surface area contributed by atoms with E-state index in [4.69, 9.17) is 14.9 Å². The van der Waals surface area contributed by atoms with Crippen LogP contribution in [0.3, 0.4) is 0 Å². The fraction of sp³-hybridized carbons (Fsp3) is 1.00. The summed E-state index contributed by atoms with van der Waals surface area (Å²) in [6, 6.07) is 0. The standard InChI is InChI=1S/C6H11BrO5/c7-3-5(10)4(9)2(1-8)12-6(3)11/h2-6,8-11H,1H2/t2?,3-,4-,5?,6+/m0/s1. The number of aliphatic hydroxyl groups excluding tert-OH is 4. The minimum absolute atomic E-state index is 0.436. The summed E-state index contributed by atoms with van der Waals surface area (Å²) in [4.78, 5) is -0.727. The summed E-state index contributed by atoms with van der Waals surface area (Å²) >= 11 is 2.95. The van der Waals surface area contributed by atoms with Gasteiger partial charge in [-0.05, 0) is 0 Å². The third-order valence-electron chi connectivity index (χ3n) is 1.82. The van der Waals surface area contributed by atoms with Crippen molar-refractivity contribution in [2.24, 2.45) is 0 Å². The van der Waals surface area contributed by atoms with Gasteiger partial charge in [-0.2, -0.15) is 0 Å². The molecule has 0 saturated carbocycles. The molecule has 1 fully saturated rings. The molecule has 2 unspecified atom stereocenters. The minimum Gasteiger partial charge on any atom is -0.394 e. The first kappa shape index (κ1) is 10.4. The number of aliphatic hydroxyl groups is 4. The molecule has 0 aromatic heterocycles. The van der Waals surface area contributed by atoms with Crippen LogP contribution in [0.15, 0.2) is 0 Å². The van der Waals surface area contributed by atoms with Crippen LogP contribution < -0.4 is 0 Å². The second-order valence-corrected chi connectivity index (χ2v) is 3.73. The molecule has 0 bridgehead atoms. The van der Waals surface area contributed by atoms with Gasteiger partial charge in [0.05, 0.1) is 17.5 Å². The Morgan fingerprint density at radius 3 is 2.25 bits per heavy atom. The van der Waals surface area contributed by atoms with Gasteiger partial charge in [-0.25, -0.2) is 0 Å². The molecule has 0 aliphatic carbocycles. The molecule has 0 aromatic rings. The maximum absolute atomic E-state index is 9.27. The van der Waals surface area contributed by atoms with Crippen molar-refractivity contribution in [1.29, 1.82) is 0 Å². The van der Waals surface area contributed by atoms with Gasteiger partial charge >= 0.3 is 0 Å². The lowest BCUT2D eigenvalue weighted by Gasteiger charge is -2.37. The molecule has 0 spiro atoms. The second-order valence-electron chi connectivity index (χ2n) is 2.67. The Kier molecular flexibility index (Phi) is 3.45. The van der Waals surface area contributed by atoms with Crippen molar-refractivity contribution in [3.63, 3.8) is 0 Å². The molecule has 0 amide bonds. The highest BCUT2D eigenvalue weighted by Gasteiger charge is 2.42. The van der Waals surface area contributed by atoms with E-state index < -0.39 is 36.0 Å². The molecule has 5 atom stereocenters. The van der Waals surface area contributed by atoms with Gasteiger partial charge < -0.3 is 25.2 Å². The molecule has 5 nitrogen and oxygen atoms in total. The van der Waals surface area contributed by atoms with Gasteiger partial charge in [0, 0.05) is 0 Å². The summed E-state index contributed by atoms with van der Waals surface area (Å²) in [5.41, 5.74) is 0. The summed E-state index contributed by atoms with van der Waals surface area (Å²) in [7, 11) is 0. The summed E-state index contributed by atoms with van der Waals surface area (Å²) in [6.45, 7) is -0.436. The number of hydrogen-bond donors (Lipinski definition) is 4. The van der Waals surface area contributed by atoms with Crippen molar-refractivity contribution in [3.8, 4) is 0 Å². The third-order valence-corrected chi connectivity index (χ3v) is 2.82. The van der Waals surface area contributed by atoms with Crippen molar-refractivity contribution in [1.82, 2.24) is 0 Å². The fourth-order valence-corrected chi connectivity index (χ4v) is 1.50. The zero-order chi connectivity index (χ0) is 9.30. The lowest BCUT2D eigenvalue weighted by molar-refractivity contribution is -0.233. The van der Waals surface area contributed by atoms with E-state index >= 15 is 0 Å². The van der Waals surface area contributed by atoms with Gasteiger partial charge in [-0.1, -0.05) is 15.9 Å². The number of hydrogen-bond acceptors (Lipinski definition) is 5. The zero-order valence-electron chi connectivity index (χ0n) is 6.17. The van der Waals surface area contributed by atoms with E-state index in [0.717, 1.165) is 0 Å². The van der Waals surface area contributed by atoms with Crippen LogP contribution >= 0.6 is 15.9 Å². The van der Waals surface area contributed by atoms with Gasteiger partial charge in [0.15, 0.2) is 6.29 Å². The van der Waals surface area contributed by atoms with Gasteiger partial charge in [-0.15, -0.1) is 0 Å². The molecule has 72 valence electrons. The van der Waals surface area contributed by atoms with E-state index in [1.807, 2.05) is 0 Å². The molecular formula is C6H11BrO5. The summed E-state index contributed by atoms with van der Waals surface area (Å²) < 4.78 is 4.78. The SMILES string of the molecule is OCC1O[C@@H](O)[C@@H](Br)C(O)[C@H]1O. The summed E-state index contributed by atoms with van der Waals surface area (Å²) in [5, 5.41) is 36.3. The van der Waals surface area contributed by atoms with E-state index in [-0.39, 0.29) is 0 Å². The largest absolute Gasteiger partial charge is 0.394 e. The molecule has 6 heteroatoms. The van der Waals surface area contributed by atoms with Crippen LogP contribution in [-0.2, 0) is 4.74 Å². The lowest BCUT2D eigenvalue weighted by Crippen LogP contribution is -2.56. The Balaban J connectivity index is 2.63. The van der Waals surface area contributed by atoms with E-state index in [9.17, 15) is 10.2 Å². The maximum Gasteiger partial charge on any atom is 0.170 e. The fourth-order valence-electron chi connectivity index (χ4n) is 1.06. The first-order chi connectivity index (χ1) is 5.57. The smallest absolute Gasteiger partial charge is 0.170 e. The molecule has 0 aromatic carbocycles. The Bertz CT molecular complexity index is 150. The molecule has 0 radical (unpaired) electrons. The van der Waals surface area contributed by atoms with E-state index in [1.165, 1.54) is 0 Å². The predicted molar refractivity (Wildman–Crippen MR) is 42.7 cm³/mol. The Morgan fingerprint density at radius 1 is 1.17 bits per heavy atom. The molecule has 1 heterocycles. The minimum atomic E-state index is -1.21. The van der Waals surface area contributed by atoms with Crippen molar-refractivity contribution in [2.45, 2.75) is 29.4 Å². The molecule has 12 heavy (non-hydrogen) atoms. The van der Waals surface area contributed by atoms with Crippen LogP contribution in [0.5, 0.6) is 0 Å². The van der Waals surface area contributed by atoms with E-state index in [0.29, 0.717) is 0 Å². The second kappa shape index (κ2) is 3.99. The van der Waals surface area contributed by atoms with Crippen molar-refractivity contribution in [2.75, 3.05) is 6.61 Å². The average molecular weight is 243 g/mol. The quantitative estimate of drug-likeness (QED) is 0.407. The first-order valence-electron chi connectivity index (χ1n) is 3.52. The van der Waals surface area contributed by atoms with Crippen LogP contribution in [0.1, 0.15) is 0 Å². The number of rotatable bonds is 1. The van der Waals surface area contributed by atoms with Crippen LogP contribution in [0.2, 0.25) is 0 Å². The van der Waals surface area contributed by atoms with E-state index in [2.05, 4.69) is 15.9 Å². The summed E-state index contributed by atoms with van der Waals surface area (Å²) in [5.74, 6) is 0. The highest BCUT2D eigenvalue weighted by molar-refractivity contribution is 9.09. The molecular weight excluding hydrogens is 232 g/mol. The molecule has 4 N–H and O–H groups in total. The monoisotopic (exact) mass is 242 g/mol. The van der Waals surface area contributed by atoms with Gasteiger partial charge in [0.25, 0.3) is 0 Å². The Labute approximate surface area is 77.7 Å². The van der Waals surface area contributed by atoms with Crippen LogP contribution in [-0.4, -0.2) is 56.5 Å². The van der Waals surface area contributed by atoms with Gasteiger partial charge in [0.1, 0.15) is 12.2 Å². The average Bonchev–Trinajstić information content (AvgIpc) is 2.08. The van der Waals surface area contributed by atoms with Crippen molar-refractivity contribution < 1.29 is 25.2 Å². The third kappa shape index (κ3) is 1.78. The number of halogens is 1.